The lowest BCUT2D eigenvalue weighted by molar-refractivity contribution is -0.137. The lowest BCUT2D eigenvalue weighted by Gasteiger charge is -2.35. The van der Waals surface area contributed by atoms with E-state index in [0.29, 0.717) is 18.4 Å². The number of nitrogens with zero attached hydrogens (tertiary/aromatic N) is 1. The smallest absolute Gasteiger partial charge is 0.260 e. The van der Waals surface area contributed by atoms with E-state index in [9.17, 15) is 4.79 Å². The molecule has 1 heterocycles. The van der Waals surface area contributed by atoms with Crippen LogP contribution in [0.25, 0.3) is 0 Å². The first-order valence-electron chi connectivity index (χ1n) is 7.89. The van der Waals surface area contributed by atoms with E-state index in [1.54, 1.807) is 0 Å². The van der Waals surface area contributed by atoms with Crippen LogP contribution in [0.3, 0.4) is 0 Å². The van der Waals surface area contributed by atoms with Gasteiger partial charge < -0.3 is 14.4 Å². The maximum Gasteiger partial charge on any atom is 0.260 e. The predicted molar refractivity (Wildman–Crippen MR) is 82.7 cm³/mol. The molecule has 0 aromatic heterocycles. The summed E-state index contributed by atoms with van der Waals surface area (Å²) >= 11 is 0. The molecule has 0 aliphatic carbocycles. The first-order valence-corrected chi connectivity index (χ1v) is 7.89. The molecule has 1 aromatic carbocycles. The summed E-state index contributed by atoms with van der Waals surface area (Å²) in [7, 11) is 0. The van der Waals surface area contributed by atoms with Gasteiger partial charge in [-0.3, -0.25) is 4.79 Å². The minimum atomic E-state index is 0.0930. The van der Waals surface area contributed by atoms with Crippen molar-refractivity contribution < 1.29 is 14.3 Å². The number of likely N-dealkylation sites (tertiary alicyclic amines) is 1. The van der Waals surface area contributed by atoms with Gasteiger partial charge in [0.25, 0.3) is 5.91 Å². The van der Waals surface area contributed by atoms with Crippen LogP contribution in [0.1, 0.15) is 39.5 Å². The van der Waals surface area contributed by atoms with E-state index < -0.39 is 0 Å². The molecule has 1 amide bonds. The molecule has 4 nitrogen and oxygen atoms in total. The summed E-state index contributed by atoms with van der Waals surface area (Å²) in [5.41, 5.74) is 0. The largest absolute Gasteiger partial charge is 0.494 e. The van der Waals surface area contributed by atoms with Crippen LogP contribution in [-0.4, -0.2) is 36.6 Å². The Hall–Kier alpha value is -1.71. The minimum absolute atomic E-state index is 0.0930. The van der Waals surface area contributed by atoms with Crippen LogP contribution < -0.4 is 9.47 Å². The Kier molecular flexibility index (Phi) is 5.90. The number of hydrogen-bond acceptors (Lipinski definition) is 3. The SMILES string of the molecule is CCOc1ccc(OCC(=O)N2CCCCC2CC)cc1. The Labute approximate surface area is 127 Å². The van der Waals surface area contributed by atoms with Crippen molar-refractivity contribution in [1.29, 1.82) is 0 Å². The van der Waals surface area contributed by atoms with Crippen molar-refractivity contribution in [2.24, 2.45) is 0 Å². The highest BCUT2D eigenvalue weighted by atomic mass is 16.5. The molecule has 0 saturated carbocycles. The first kappa shape index (κ1) is 15.7. The number of amides is 1. The fraction of sp³-hybridized carbons (Fsp3) is 0.588. The summed E-state index contributed by atoms with van der Waals surface area (Å²) < 4.78 is 11.0. The number of carbonyl (C=O) groups excluding carboxylic acids is 1. The van der Waals surface area contributed by atoms with Crippen molar-refractivity contribution >= 4 is 5.91 Å². The third-order valence-corrected chi connectivity index (χ3v) is 3.92. The molecule has 1 aliphatic rings. The van der Waals surface area contributed by atoms with Gasteiger partial charge in [0.2, 0.25) is 0 Å². The third-order valence-electron chi connectivity index (χ3n) is 3.92. The van der Waals surface area contributed by atoms with Gasteiger partial charge in [-0.2, -0.15) is 0 Å². The molecule has 21 heavy (non-hydrogen) atoms. The topological polar surface area (TPSA) is 38.8 Å². The second-order valence-corrected chi connectivity index (χ2v) is 5.34. The van der Waals surface area contributed by atoms with E-state index >= 15 is 0 Å². The Morgan fingerprint density at radius 1 is 1.14 bits per heavy atom. The maximum absolute atomic E-state index is 12.3. The number of ether oxygens (including phenoxy) is 2. The summed E-state index contributed by atoms with van der Waals surface area (Å²) in [5, 5.41) is 0. The van der Waals surface area contributed by atoms with Gasteiger partial charge in [-0.05, 0) is 56.9 Å². The highest BCUT2D eigenvalue weighted by molar-refractivity contribution is 5.78. The van der Waals surface area contributed by atoms with Gasteiger partial charge in [0, 0.05) is 12.6 Å². The van der Waals surface area contributed by atoms with Gasteiger partial charge in [0.15, 0.2) is 6.61 Å². The molecule has 1 atom stereocenters. The minimum Gasteiger partial charge on any atom is -0.494 e. The van der Waals surface area contributed by atoms with Crippen molar-refractivity contribution in [1.82, 2.24) is 4.90 Å². The molecular formula is C17H25NO3. The van der Waals surface area contributed by atoms with E-state index in [1.165, 1.54) is 6.42 Å². The average Bonchev–Trinajstić information content (AvgIpc) is 2.54. The van der Waals surface area contributed by atoms with Crippen LogP contribution in [0, 0.1) is 0 Å². The summed E-state index contributed by atoms with van der Waals surface area (Å²) in [6.45, 7) is 5.72. The van der Waals surface area contributed by atoms with Gasteiger partial charge in [-0.1, -0.05) is 6.92 Å². The molecule has 0 radical (unpaired) electrons. The fourth-order valence-corrected chi connectivity index (χ4v) is 2.78. The van der Waals surface area contributed by atoms with Crippen molar-refractivity contribution in [2.45, 2.75) is 45.6 Å². The number of hydrogen-bond donors (Lipinski definition) is 0. The number of benzene rings is 1. The summed E-state index contributed by atoms with van der Waals surface area (Å²) in [6.07, 6.45) is 4.47. The van der Waals surface area contributed by atoms with E-state index in [2.05, 4.69) is 6.92 Å². The van der Waals surface area contributed by atoms with Gasteiger partial charge in [0.1, 0.15) is 11.5 Å². The molecule has 0 N–H and O–H groups in total. The molecule has 116 valence electrons. The Balaban J connectivity index is 1.85. The van der Waals surface area contributed by atoms with Crippen LogP contribution in [0.5, 0.6) is 11.5 Å². The molecule has 1 unspecified atom stereocenters. The normalized spacial score (nSPS) is 18.4. The van der Waals surface area contributed by atoms with Crippen LogP contribution >= 0.6 is 0 Å². The second kappa shape index (κ2) is 7.91. The number of carbonyl (C=O) groups is 1. The summed E-state index contributed by atoms with van der Waals surface area (Å²) in [6, 6.07) is 7.78. The summed E-state index contributed by atoms with van der Waals surface area (Å²) in [4.78, 5) is 14.3. The van der Waals surface area contributed by atoms with E-state index in [1.807, 2.05) is 36.1 Å². The third kappa shape index (κ3) is 4.38. The van der Waals surface area contributed by atoms with Crippen LogP contribution in [-0.2, 0) is 4.79 Å². The van der Waals surface area contributed by atoms with Gasteiger partial charge in [-0.25, -0.2) is 0 Å². The number of piperidine rings is 1. The lowest BCUT2D eigenvalue weighted by Crippen LogP contribution is -2.45. The van der Waals surface area contributed by atoms with Gasteiger partial charge in [0.05, 0.1) is 6.61 Å². The van der Waals surface area contributed by atoms with Crippen LogP contribution in [0.15, 0.2) is 24.3 Å². The van der Waals surface area contributed by atoms with Crippen LogP contribution in [0.2, 0.25) is 0 Å². The zero-order valence-corrected chi connectivity index (χ0v) is 13.0. The quantitative estimate of drug-likeness (QED) is 0.807. The van der Waals surface area contributed by atoms with Crippen molar-refractivity contribution in [3.63, 3.8) is 0 Å². The van der Waals surface area contributed by atoms with E-state index in [-0.39, 0.29) is 12.5 Å². The molecule has 0 bridgehead atoms. The van der Waals surface area contributed by atoms with Crippen molar-refractivity contribution in [2.75, 3.05) is 19.8 Å². The molecule has 1 fully saturated rings. The highest BCUT2D eigenvalue weighted by Crippen LogP contribution is 2.21. The zero-order valence-electron chi connectivity index (χ0n) is 13.0. The van der Waals surface area contributed by atoms with Gasteiger partial charge in [-0.15, -0.1) is 0 Å². The monoisotopic (exact) mass is 291 g/mol. The zero-order chi connectivity index (χ0) is 15.1. The Morgan fingerprint density at radius 2 is 1.81 bits per heavy atom. The molecule has 1 saturated heterocycles. The molecule has 1 aromatic rings. The molecule has 4 heteroatoms. The second-order valence-electron chi connectivity index (χ2n) is 5.34. The van der Waals surface area contributed by atoms with Crippen molar-refractivity contribution in [3.8, 4) is 11.5 Å². The van der Waals surface area contributed by atoms with Crippen LogP contribution in [0.4, 0.5) is 0 Å². The summed E-state index contributed by atoms with van der Waals surface area (Å²) in [5.74, 6) is 1.62. The first-order chi connectivity index (χ1) is 10.2. The molecule has 0 spiro atoms. The predicted octanol–water partition coefficient (Wildman–Crippen LogP) is 3.26. The highest BCUT2D eigenvalue weighted by Gasteiger charge is 2.25. The fourth-order valence-electron chi connectivity index (χ4n) is 2.78. The van der Waals surface area contributed by atoms with Crippen molar-refractivity contribution in [3.05, 3.63) is 24.3 Å². The Bertz CT molecular complexity index is 444. The van der Waals surface area contributed by atoms with Gasteiger partial charge >= 0.3 is 0 Å². The lowest BCUT2D eigenvalue weighted by atomic mass is 10.00. The Morgan fingerprint density at radius 3 is 2.43 bits per heavy atom. The molecule has 1 aliphatic heterocycles. The standard InChI is InChI=1S/C17H25NO3/c1-3-14-7-5-6-12-18(14)17(19)13-21-16-10-8-15(9-11-16)20-4-2/h8-11,14H,3-7,12-13H2,1-2H3. The van der Waals surface area contributed by atoms with E-state index in [4.69, 9.17) is 9.47 Å². The number of rotatable bonds is 6. The average molecular weight is 291 g/mol. The van der Waals surface area contributed by atoms with E-state index in [0.717, 1.165) is 31.6 Å². The maximum atomic E-state index is 12.3. The molecular weight excluding hydrogens is 266 g/mol. The molecule has 2 rings (SSSR count).